The van der Waals surface area contributed by atoms with Crippen LogP contribution in [0.2, 0.25) is 0 Å². The van der Waals surface area contributed by atoms with Gasteiger partial charge in [0.05, 0.1) is 17.7 Å². The van der Waals surface area contributed by atoms with Gasteiger partial charge < -0.3 is 30.7 Å². The number of carbonyl (C=O) groups excluding carboxylic acids is 7. The quantitative estimate of drug-likeness (QED) is 0.194. The summed E-state index contributed by atoms with van der Waals surface area (Å²) in [4.78, 5) is 94.1. The molecule has 0 aliphatic carbocycles. The predicted molar refractivity (Wildman–Crippen MR) is 197 cm³/mol. The molecular weight excluding hydrogens is 680 g/mol. The number of likely N-dealkylation sites (tertiary alicyclic amines) is 1. The van der Waals surface area contributed by atoms with Gasteiger partial charge in [-0.3, -0.25) is 28.8 Å². The van der Waals surface area contributed by atoms with Gasteiger partial charge >= 0.3 is 6.09 Å². The smallest absolute Gasteiger partial charge is 0.408 e. The number of amides is 4. The molecule has 0 saturated carbocycles. The molecule has 3 rings (SSSR count). The number of benzene rings is 2. The average Bonchev–Trinajstić information content (AvgIpc) is 3.50. The van der Waals surface area contributed by atoms with Crippen molar-refractivity contribution in [2.75, 3.05) is 6.54 Å². The molecule has 4 N–H and O–H groups in total. The molecule has 1 fully saturated rings. The van der Waals surface area contributed by atoms with Crippen LogP contribution in [0.4, 0.5) is 4.79 Å². The lowest BCUT2D eigenvalue weighted by molar-refractivity contribution is -0.142. The molecule has 13 nitrogen and oxygen atoms in total. The van der Waals surface area contributed by atoms with Crippen molar-refractivity contribution in [1.82, 2.24) is 15.5 Å². The number of alkyl carbamates (subject to hydrolysis) is 1. The summed E-state index contributed by atoms with van der Waals surface area (Å²) in [7, 11) is 0. The zero-order valence-corrected chi connectivity index (χ0v) is 31.8. The summed E-state index contributed by atoms with van der Waals surface area (Å²) in [6.45, 7) is 12.6. The minimum absolute atomic E-state index is 0.0571. The summed E-state index contributed by atoms with van der Waals surface area (Å²) >= 11 is 0. The Kier molecular flexibility index (Phi) is 15.0. The van der Waals surface area contributed by atoms with Crippen molar-refractivity contribution in [2.24, 2.45) is 11.7 Å². The maximum Gasteiger partial charge on any atom is 0.408 e. The van der Waals surface area contributed by atoms with Gasteiger partial charge in [0.2, 0.25) is 17.6 Å². The van der Waals surface area contributed by atoms with Crippen LogP contribution in [0.3, 0.4) is 0 Å². The van der Waals surface area contributed by atoms with Crippen LogP contribution in [0.15, 0.2) is 60.7 Å². The van der Waals surface area contributed by atoms with Crippen LogP contribution in [0.25, 0.3) is 0 Å². The number of hydrogen-bond acceptors (Lipinski definition) is 9. The third kappa shape index (κ3) is 13.2. The largest absolute Gasteiger partial charge is 0.444 e. The maximum absolute atomic E-state index is 14.3. The maximum atomic E-state index is 14.3. The van der Waals surface area contributed by atoms with Crippen molar-refractivity contribution in [3.8, 4) is 0 Å². The van der Waals surface area contributed by atoms with Crippen molar-refractivity contribution in [2.45, 2.75) is 122 Å². The number of ether oxygens (including phenoxy) is 2. The SMILES string of the molecule is CCCC(CC(=O)[C@@H]1C[C@@H](OC(C)(C)C)CN1C(=O)[C@@H](NC(=O)OC(C)(C)C)c1ccccc1)C(=O)C(=O)CCC(=O)N[C@H](C(N)=O)c1ccccc1. The van der Waals surface area contributed by atoms with Crippen LogP contribution in [-0.4, -0.2) is 76.0 Å². The minimum Gasteiger partial charge on any atom is -0.444 e. The zero-order valence-electron chi connectivity index (χ0n) is 31.8. The monoisotopic (exact) mass is 734 g/mol. The molecule has 0 radical (unpaired) electrons. The fraction of sp³-hybridized carbons (Fsp3) is 0.525. The fourth-order valence-electron chi connectivity index (χ4n) is 6.28. The van der Waals surface area contributed by atoms with Crippen LogP contribution in [0.1, 0.15) is 110 Å². The lowest BCUT2D eigenvalue weighted by atomic mass is 9.87. The first-order valence-electron chi connectivity index (χ1n) is 18.1. The molecule has 1 saturated heterocycles. The van der Waals surface area contributed by atoms with E-state index < -0.39 is 88.9 Å². The van der Waals surface area contributed by atoms with Gasteiger partial charge in [-0.15, -0.1) is 0 Å². The highest BCUT2D eigenvalue weighted by Gasteiger charge is 2.45. The van der Waals surface area contributed by atoms with Crippen LogP contribution in [0, 0.1) is 5.92 Å². The Morgan fingerprint density at radius 1 is 0.811 bits per heavy atom. The van der Waals surface area contributed by atoms with Gasteiger partial charge in [-0.2, -0.15) is 0 Å². The normalized spacial score (nSPS) is 17.6. The van der Waals surface area contributed by atoms with Gasteiger partial charge in [0.15, 0.2) is 11.6 Å². The molecule has 0 aromatic heterocycles. The van der Waals surface area contributed by atoms with Crippen molar-refractivity contribution >= 4 is 41.2 Å². The molecule has 1 aliphatic rings. The van der Waals surface area contributed by atoms with E-state index in [1.807, 2.05) is 27.7 Å². The molecule has 0 spiro atoms. The van der Waals surface area contributed by atoms with Gasteiger partial charge in [-0.25, -0.2) is 4.79 Å². The molecule has 13 heteroatoms. The molecule has 1 heterocycles. The second-order valence-corrected chi connectivity index (χ2v) is 15.3. The average molecular weight is 735 g/mol. The van der Waals surface area contributed by atoms with E-state index in [1.165, 1.54) is 4.90 Å². The van der Waals surface area contributed by atoms with Gasteiger partial charge in [-0.05, 0) is 59.1 Å². The summed E-state index contributed by atoms with van der Waals surface area (Å²) in [5.41, 5.74) is 5.02. The number of ketones is 3. The van der Waals surface area contributed by atoms with E-state index in [2.05, 4.69) is 10.6 Å². The predicted octanol–water partition coefficient (Wildman–Crippen LogP) is 4.67. The lowest BCUT2D eigenvalue weighted by Crippen LogP contribution is -2.48. The van der Waals surface area contributed by atoms with Crippen LogP contribution in [0.5, 0.6) is 0 Å². The van der Waals surface area contributed by atoms with E-state index in [-0.39, 0.29) is 32.2 Å². The molecule has 2 aromatic carbocycles. The number of hydrogen-bond donors (Lipinski definition) is 3. The van der Waals surface area contributed by atoms with Crippen LogP contribution >= 0.6 is 0 Å². The molecule has 288 valence electrons. The Balaban J connectivity index is 1.79. The van der Waals surface area contributed by atoms with Crippen molar-refractivity contribution in [3.63, 3.8) is 0 Å². The Hall–Kier alpha value is -4.91. The summed E-state index contributed by atoms with van der Waals surface area (Å²) in [5.74, 6) is -4.97. The summed E-state index contributed by atoms with van der Waals surface area (Å²) in [6, 6.07) is 13.7. The molecule has 4 amide bonds. The van der Waals surface area contributed by atoms with Crippen molar-refractivity contribution < 1.29 is 43.0 Å². The Bertz CT molecular complexity index is 1620. The van der Waals surface area contributed by atoms with Crippen molar-refractivity contribution in [1.29, 1.82) is 0 Å². The molecule has 53 heavy (non-hydrogen) atoms. The zero-order chi connectivity index (χ0) is 39.5. The summed E-state index contributed by atoms with van der Waals surface area (Å²) < 4.78 is 11.7. The third-order valence-electron chi connectivity index (χ3n) is 8.51. The van der Waals surface area contributed by atoms with Gasteiger partial charge in [0.1, 0.15) is 17.7 Å². The molecule has 2 aromatic rings. The first-order chi connectivity index (χ1) is 24.8. The van der Waals surface area contributed by atoms with Gasteiger partial charge in [0.25, 0.3) is 5.91 Å². The van der Waals surface area contributed by atoms with Gasteiger partial charge in [0, 0.05) is 38.1 Å². The lowest BCUT2D eigenvalue weighted by Gasteiger charge is -2.30. The Morgan fingerprint density at radius 2 is 1.38 bits per heavy atom. The second kappa shape index (κ2) is 18.7. The molecule has 1 unspecified atom stereocenters. The first kappa shape index (κ1) is 42.5. The molecule has 1 aliphatic heterocycles. The second-order valence-electron chi connectivity index (χ2n) is 15.3. The van der Waals surface area contributed by atoms with E-state index in [1.54, 1.807) is 81.4 Å². The van der Waals surface area contributed by atoms with E-state index in [0.29, 0.717) is 17.5 Å². The fourth-order valence-corrected chi connectivity index (χ4v) is 6.28. The van der Waals surface area contributed by atoms with E-state index in [0.717, 1.165) is 0 Å². The number of nitrogens with one attached hydrogen (secondary N) is 2. The molecule has 0 bridgehead atoms. The summed E-state index contributed by atoms with van der Waals surface area (Å²) in [6.07, 6.45) is -1.56. The highest BCUT2D eigenvalue weighted by molar-refractivity contribution is 6.38. The number of nitrogens with two attached hydrogens (primary N) is 1. The molecule has 5 atom stereocenters. The van der Waals surface area contributed by atoms with Crippen LogP contribution in [-0.2, 0) is 38.2 Å². The highest BCUT2D eigenvalue weighted by Crippen LogP contribution is 2.31. The number of carbonyl (C=O) groups is 7. The Morgan fingerprint density at radius 3 is 1.89 bits per heavy atom. The van der Waals surface area contributed by atoms with Crippen LogP contribution < -0.4 is 16.4 Å². The number of nitrogens with zero attached hydrogens (tertiary/aromatic N) is 1. The minimum atomic E-state index is -1.19. The van der Waals surface area contributed by atoms with E-state index in [9.17, 15) is 33.6 Å². The highest BCUT2D eigenvalue weighted by atomic mass is 16.6. The summed E-state index contributed by atoms with van der Waals surface area (Å²) in [5, 5.41) is 5.19. The molecular formula is C40H54N4O9. The first-order valence-corrected chi connectivity index (χ1v) is 18.1. The van der Waals surface area contributed by atoms with E-state index >= 15 is 0 Å². The van der Waals surface area contributed by atoms with Gasteiger partial charge in [-0.1, -0.05) is 74.0 Å². The standard InChI is InChI=1S/C40H54N4O9/c1-8-15-27(35(48)30(45)20-21-32(47)42-33(36(41)49)25-16-11-9-12-17-25)22-31(46)29-23-28(52-39(2,3)4)24-44(29)37(50)34(26-18-13-10-14-19-26)43-38(51)53-40(5,6)7/h9-14,16-19,27-29,33-34H,8,15,20-24H2,1-7H3,(H2,41,49)(H,42,47)(H,43,51)/t27?,28-,29+,33+,34+/m1/s1. The number of Topliss-reactive ketones (excluding diaryl/α,β-unsaturated/α-hetero) is 3. The van der Waals surface area contributed by atoms with E-state index in [4.69, 9.17) is 15.2 Å². The topological polar surface area (TPSA) is 191 Å². The third-order valence-corrected chi connectivity index (χ3v) is 8.51. The number of primary amides is 1. The van der Waals surface area contributed by atoms with Crippen molar-refractivity contribution in [3.05, 3.63) is 71.8 Å². The number of rotatable bonds is 17. The Labute approximate surface area is 311 Å².